The number of nitrogens with zero attached hydrogens (tertiary/aromatic N) is 2. The number of amidine groups is 1. The van der Waals surface area contributed by atoms with Crippen molar-refractivity contribution in [1.29, 1.82) is 0 Å². The molecule has 0 saturated heterocycles. The van der Waals surface area contributed by atoms with Gasteiger partial charge in [-0.05, 0) is 6.42 Å². The summed E-state index contributed by atoms with van der Waals surface area (Å²) >= 11 is 0. The van der Waals surface area contributed by atoms with E-state index in [9.17, 15) is 4.79 Å². The molecule has 1 heterocycles. The topological polar surface area (TPSA) is 75.7 Å². The van der Waals surface area contributed by atoms with Crippen molar-refractivity contribution in [1.82, 2.24) is 0 Å². The fraction of sp³-hybridized carbons (Fsp3) is 0.714. The third kappa shape index (κ3) is 4.14. The number of quaternary nitrogens is 1. The molecule has 1 aliphatic heterocycles. The molecule has 5 heteroatoms. The van der Waals surface area contributed by atoms with Crippen molar-refractivity contribution >= 4 is 11.8 Å². The van der Waals surface area contributed by atoms with Crippen molar-refractivity contribution in [2.75, 3.05) is 6.54 Å². The third-order valence-corrected chi connectivity index (χ3v) is 3.66. The zero-order valence-electron chi connectivity index (χ0n) is 12.0. The molecule has 2 atom stereocenters. The number of aliphatic imine (C=N–C) groups is 1. The molecule has 0 spiro atoms. The van der Waals surface area contributed by atoms with Crippen LogP contribution in [0.1, 0.15) is 52.4 Å². The Hall–Kier alpha value is -1.20. The quantitative estimate of drug-likeness (QED) is 0.498. The van der Waals surface area contributed by atoms with Crippen molar-refractivity contribution in [3.05, 3.63) is 12.4 Å². The second-order valence-corrected chi connectivity index (χ2v) is 5.23. The van der Waals surface area contributed by atoms with Gasteiger partial charge in [0.1, 0.15) is 12.4 Å². The number of aliphatic carboxylic acids is 1. The summed E-state index contributed by atoms with van der Waals surface area (Å²) in [5.41, 5.74) is 6.00. The summed E-state index contributed by atoms with van der Waals surface area (Å²) in [4.78, 5) is 15.4. The molecule has 5 nitrogen and oxygen atoms in total. The molecule has 1 aliphatic rings. The summed E-state index contributed by atoms with van der Waals surface area (Å²) in [5, 5.41) is 9.09. The minimum Gasteiger partial charge on any atom is -0.477 e. The number of nitrogens with two attached hydrogens (primary N) is 1. The summed E-state index contributed by atoms with van der Waals surface area (Å²) < 4.78 is 0.170. The van der Waals surface area contributed by atoms with Crippen LogP contribution in [0.25, 0.3) is 0 Å². The average molecular weight is 268 g/mol. The Kier molecular flexibility index (Phi) is 6.18. The molecular formula is C14H26N3O2+. The van der Waals surface area contributed by atoms with E-state index in [2.05, 4.69) is 11.9 Å². The molecule has 0 bridgehead atoms. The van der Waals surface area contributed by atoms with Gasteiger partial charge in [0.2, 0.25) is 5.84 Å². The Bertz CT molecular complexity index is 364. The van der Waals surface area contributed by atoms with Gasteiger partial charge in [0.05, 0.1) is 6.20 Å². The van der Waals surface area contributed by atoms with E-state index in [1.807, 2.05) is 6.92 Å². The van der Waals surface area contributed by atoms with Crippen LogP contribution in [0.4, 0.5) is 0 Å². The molecule has 0 saturated carbocycles. The van der Waals surface area contributed by atoms with Crippen molar-refractivity contribution in [3.8, 4) is 0 Å². The standard InChI is InChI=1S/C14H25N3O2/c1-3-4-5-6-7-8-13-16-9-10-17(13,12(2)15)11-14(18)19/h9-10,12H,3-8,11,15H2,1-2H3/p+1. The highest BCUT2D eigenvalue weighted by Crippen LogP contribution is 2.23. The second kappa shape index (κ2) is 7.40. The smallest absolute Gasteiger partial charge is 0.360 e. The maximum atomic E-state index is 11.1. The fourth-order valence-corrected chi connectivity index (χ4v) is 2.47. The van der Waals surface area contributed by atoms with Crippen molar-refractivity contribution < 1.29 is 14.4 Å². The maximum Gasteiger partial charge on any atom is 0.360 e. The van der Waals surface area contributed by atoms with Crippen LogP contribution >= 0.6 is 0 Å². The first-order valence-electron chi connectivity index (χ1n) is 7.12. The van der Waals surface area contributed by atoms with Gasteiger partial charge < -0.3 is 5.11 Å². The molecule has 0 aromatic rings. The lowest BCUT2D eigenvalue weighted by atomic mass is 10.1. The van der Waals surface area contributed by atoms with Gasteiger partial charge in [-0.25, -0.2) is 14.3 Å². The largest absolute Gasteiger partial charge is 0.477 e. The van der Waals surface area contributed by atoms with Crippen LogP contribution in [-0.2, 0) is 4.79 Å². The summed E-state index contributed by atoms with van der Waals surface area (Å²) in [5.74, 6) is 0.0384. The van der Waals surface area contributed by atoms with Crippen LogP contribution in [-0.4, -0.2) is 34.1 Å². The molecule has 0 fully saturated rings. The average Bonchev–Trinajstić information content (AvgIpc) is 2.72. The first-order valence-corrected chi connectivity index (χ1v) is 7.12. The van der Waals surface area contributed by atoms with Crippen LogP contribution in [0.3, 0.4) is 0 Å². The number of unbranched alkanes of at least 4 members (excludes halogenated alkanes) is 4. The molecule has 0 aliphatic carbocycles. The van der Waals surface area contributed by atoms with Crippen molar-refractivity contribution in [3.63, 3.8) is 0 Å². The van der Waals surface area contributed by atoms with Crippen LogP contribution in [0, 0.1) is 0 Å². The number of hydrogen-bond donors (Lipinski definition) is 2. The monoisotopic (exact) mass is 268 g/mol. The fourth-order valence-electron chi connectivity index (χ4n) is 2.47. The Balaban J connectivity index is 2.58. The van der Waals surface area contributed by atoms with Crippen LogP contribution < -0.4 is 5.73 Å². The van der Waals surface area contributed by atoms with Crippen LogP contribution in [0.15, 0.2) is 17.4 Å². The zero-order valence-corrected chi connectivity index (χ0v) is 12.0. The van der Waals surface area contributed by atoms with Gasteiger partial charge in [-0.2, -0.15) is 0 Å². The van der Waals surface area contributed by atoms with E-state index in [0.29, 0.717) is 0 Å². The molecule has 0 aromatic heterocycles. The normalized spacial score (nSPS) is 23.4. The summed E-state index contributed by atoms with van der Waals surface area (Å²) in [7, 11) is 0. The van der Waals surface area contributed by atoms with E-state index in [4.69, 9.17) is 10.8 Å². The van der Waals surface area contributed by atoms with Gasteiger partial charge in [-0.1, -0.05) is 32.6 Å². The lowest BCUT2D eigenvalue weighted by molar-refractivity contribution is -0.805. The van der Waals surface area contributed by atoms with Gasteiger partial charge in [0, 0.05) is 13.3 Å². The number of hydrogen-bond acceptors (Lipinski definition) is 3. The highest BCUT2D eigenvalue weighted by Gasteiger charge is 2.40. The Morgan fingerprint density at radius 2 is 2.11 bits per heavy atom. The van der Waals surface area contributed by atoms with E-state index in [-0.39, 0.29) is 17.2 Å². The molecule has 0 aromatic carbocycles. The number of carboxylic acids is 1. The maximum absolute atomic E-state index is 11.1. The SMILES string of the molecule is CCCCCCCC1=NC=C[N+]1(CC(=O)O)C(C)N. The minimum absolute atomic E-state index is 0.0258. The Morgan fingerprint density at radius 3 is 2.68 bits per heavy atom. The van der Waals surface area contributed by atoms with E-state index in [1.165, 1.54) is 25.7 Å². The molecule has 0 amide bonds. The summed E-state index contributed by atoms with van der Waals surface area (Å²) in [6.45, 7) is 4.00. The third-order valence-electron chi connectivity index (χ3n) is 3.66. The second-order valence-electron chi connectivity index (χ2n) is 5.23. The van der Waals surface area contributed by atoms with E-state index >= 15 is 0 Å². The van der Waals surface area contributed by atoms with E-state index in [1.54, 1.807) is 12.4 Å². The molecule has 108 valence electrons. The molecule has 3 N–H and O–H groups in total. The molecule has 0 radical (unpaired) electrons. The Morgan fingerprint density at radius 1 is 1.42 bits per heavy atom. The highest BCUT2D eigenvalue weighted by molar-refractivity contribution is 5.81. The predicted molar refractivity (Wildman–Crippen MR) is 76.4 cm³/mol. The van der Waals surface area contributed by atoms with Crippen LogP contribution in [0.5, 0.6) is 0 Å². The highest BCUT2D eigenvalue weighted by atomic mass is 16.4. The molecule has 1 rings (SSSR count). The zero-order chi connectivity index (χ0) is 14.3. The van der Waals surface area contributed by atoms with Gasteiger partial charge in [0.15, 0.2) is 6.54 Å². The Labute approximate surface area is 115 Å². The summed E-state index contributed by atoms with van der Waals surface area (Å²) in [6.07, 6.45) is 9.96. The number of rotatable bonds is 9. The summed E-state index contributed by atoms with van der Waals surface area (Å²) in [6, 6.07) is 0. The molecule has 2 unspecified atom stereocenters. The minimum atomic E-state index is -0.845. The first kappa shape index (κ1) is 15.9. The lowest BCUT2D eigenvalue weighted by Crippen LogP contribution is -2.59. The van der Waals surface area contributed by atoms with Gasteiger partial charge >= 0.3 is 5.97 Å². The van der Waals surface area contributed by atoms with Gasteiger partial charge in [0.25, 0.3) is 0 Å². The first-order chi connectivity index (χ1) is 9.03. The molecule has 19 heavy (non-hydrogen) atoms. The van der Waals surface area contributed by atoms with Gasteiger partial charge in [-0.15, -0.1) is 0 Å². The van der Waals surface area contributed by atoms with E-state index in [0.717, 1.165) is 18.7 Å². The van der Waals surface area contributed by atoms with Crippen LogP contribution in [0.2, 0.25) is 0 Å². The predicted octanol–water partition coefficient (Wildman–Crippen LogP) is 2.44. The van der Waals surface area contributed by atoms with Crippen molar-refractivity contribution in [2.24, 2.45) is 10.7 Å². The number of carbonyl (C=O) groups is 1. The van der Waals surface area contributed by atoms with Gasteiger partial charge in [-0.3, -0.25) is 5.73 Å². The van der Waals surface area contributed by atoms with Crippen molar-refractivity contribution in [2.45, 2.75) is 58.5 Å². The lowest BCUT2D eigenvalue weighted by Gasteiger charge is -2.34. The number of carboxylic acid groups (broad SMARTS) is 1. The van der Waals surface area contributed by atoms with E-state index < -0.39 is 5.97 Å². The molecular weight excluding hydrogens is 242 g/mol.